The second-order valence-corrected chi connectivity index (χ2v) is 4.80. The van der Waals surface area contributed by atoms with Crippen LogP contribution in [0.1, 0.15) is 78.4 Å². The fraction of sp³-hybridized carbons (Fsp3) is 0.500. The molecule has 1 fully saturated rings. The minimum absolute atomic E-state index is 0.392. The highest BCUT2D eigenvalue weighted by atomic mass is 16.3. The predicted molar refractivity (Wildman–Crippen MR) is 111 cm³/mol. The summed E-state index contributed by atoms with van der Waals surface area (Å²) >= 11 is 0. The number of rotatable bonds is 2. The van der Waals surface area contributed by atoms with Crippen molar-refractivity contribution >= 4 is 0 Å². The minimum Gasteiger partial charge on any atom is -0.851 e. The molecule has 0 N–H and O–H groups in total. The van der Waals surface area contributed by atoms with Gasteiger partial charge in [-0.05, 0) is 23.0 Å². The summed E-state index contributed by atoms with van der Waals surface area (Å²) in [6.07, 6.45) is -1.64. The smallest absolute Gasteiger partial charge is 0.0401 e. The first-order chi connectivity index (χ1) is 12.8. The van der Waals surface area contributed by atoms with Gasteiger partial charge in [-0.3, -0.25) is 0 Å². The molecular weight excluding hydrogens is 320 g/mol. The van der Waals surface area contributed by atoms with Crippen molar-refractivity contribution in [2.24, 2.45) is 0 Å². The van der Waals surface area contributed by atoms with E-state index in [4.69, 9.17) is 0 Å². The van der Waals surface area contributed by atoms with Gasteiger partial charge in [0.1, 0.15) is 0 Å². The van der Waals surface area contributed by atoms with Gasteiger partial charge in [0.2, 0.25) is 0 Å². The molecule has 0 heterocycles. The first-order valence-corrected chi connectivity index (χ1v) is 10.2. The van der Waals surface area contributed by atoms with Gasteiger partial charge in [-0.25, -0.2) is 0 Å². The monoisotopic (exact) mass is 358 g/mol. The van der Waals surface area contributed by atoms with Crippen molar-refractivity contribution in [3.63, 3.8) is 0 Å². The number of hydrogen-bond acceptors (Lipinski definition) is 2. The van der Waals surface area contributed by atoms with E-state index in [1.54, 1.807) is 0 Å². The van der Waals surface area contributed by atoms with Gasteiger partial charge in [-0.2, -0.15) is 0 Å². The largest absolute Gasteiger partial charge is 0.851 e. The lowest BCUT2D eigenvalue weighted by molar-refractivity contribution is -0.536. The molecule has 26 heavy (non-hydrogen) atoms. The molecule has 2 aromatic rings. The number of benzene rings is 2. The molecule has 1 aliphatic rings. The molecule has 0 radical (unpaired) electrons. The van der Waals surface area contributed by atoms with Crippen LogP contribution in [0.15, 0.2) is 60.7 Å². The molecule has 2 nitrogen and oxygen atoms in total. The van der Waals surface area contributed by atoms with Gasteiger partial charge in [-0.15, -0.1) is 12.2 Å². The molecule has 0 aromatic heterocycles. The zero-order valence-electron chi connectivity index (χ0n) is 17.9. The molecular formula is C24H38O2-2. The Morgan fingerprint density at radius 1 is 0.462 bits per heavy atom. The van der Waals surface area contributed by atoms with E-state index in [9.17, 15) is 10.2 Å². The van der Waals surface area contributed by atoms with Crippen molar-refractivity contribution < 1.29 is 10.2 Å². The average Bonchev–Trinajstić information content (AvgIpc) is 2.76. The van der Waals surface area contributed by atoms with Gasteiger partial charge < -0.3 is 10.2 Å². The summed E-state index contributed by atoms with van der Waals surface area (Å²) in [6, 6.07) is 18.8. The van der Waals surface area contributed by atoms with Crippen LogP contribution >= 0.6 is 0 Å². The second-order valence-electron chi connectivity index (χ2n) is 4.80. The van der Waals surface area contributed by atoms with Crippen LogP contribution in [0.3, 0.4) is 0 Å². The molecule has 0 amide bonds. The maximum absolute atomic E-state index is 12.3. The Morgan fingerprint density at radius 2 is 0.692 bits per heavy atom. The van der Waals surface area contributed by atoms with Crippen LogP contribution in [0.5, 0.6) is 0 Å². The van der Waals surface area contributed by atoms with Crippen molar-refractivity contribution in [3.05, 3.63) is 71.8 Å². The quantitative estimate of drug-likeness (QED) is 0.747. The Hall–Kier alpha value is -1.64. The standard InChI is InChI=1S/C16H14O2.4C2H6/c17-15-13(11-7-3-1-4-8-11)16(18)14(15)12-9-5-2-6-10-12;4*1-2/h1-10,13-16H;4*1-2H3/q-2;;;;. The second kappa shape index (κ2) is 16.8. The van der Waals surface area contributed by atoms with Gasteiger partial charge in [0.25, 0.3) is 0 Å². The summed E-state index contributed by atoms with van der Waals surface area (Å²) in [5.74, 6) is -0.784. The van der Waals surface area contributed by atoms with Crippen LogP contribution in [-0.2, 0) is 0 Å². The molecule has 1 saturated carbocycles. The lowest BCUT2D eigenvalue weighted by atomic mass is 9.63. The fourth-order valence-electron chi connectivity index (χ4n) is 2.78. The molecule has 0 unspecified atom stereocenters. The third-order valence-electron chi connectivity index (χ3n) is 3.78. The molecule has 3 rings (SSSR count). The molecule has 2 aromatic carbocycles. The van der Waals surface area contributed by atoms with E-state index in [1.807, 2.05) is 116 Å². The lowest BCUT2D eigenvalue weighted by Crippen LogP contribution is -2.63. The summed E-state index contributed by atoms with van der Waals surface area (Å²) in [5.41, 5.74) is 1.76. The molecule has 0 atom stereocenters. The van der Waals surface area contributed by atoms with Crippen molar-refractivity contribution in [1.29, 1.82) is 0 Å². The van der Waals surface area contributed by atoms with Crippen LogP contribution in [-0.4, -0.2) is 12.2 Å². The Morgan fingerprint density at radius 3 is 0.923 bits per heavy atom. The summed E-state index contributed by atoms with van der Waals surface area (Å²) in [5, 5.41) is 24.5. The van der Waals surface area contributed by atoms with Crippen molar-refractivity contribution in [3.8, 4) is 0 Å². The normalized spacial score (nSPS) is 22.2. The summed E-state index contributed by atoms with van der Waals surface area (Å²) in [6.45, 7) is 16.0. The summed E-state index contributed by atoms with van der Waals surface area (Å²) < 4.78 is 0. The van der Waals surface area contributed by atoms with Crippen molar-refractivity contribution in [1.82, 2.24) is 0 Å². The zero-order chi connectivity index (χ0) is 20.5. The van der Waals surface area contributed by atoms with Gasteiger partial charge >= 0.3 is 0 Å². The molecule has 148 valence electrons. The molecule has 2 heteroatoms. The van der Waals surface area contributed by atoms with Crippen LogP contribution in [0.25, 0.3) is 0 Å². The van der Waals surface area contributed by atoms with E-state index in [0.717, 1.165) is 11.1 Å². The molecule has 0 spiro atoms. The van der Waals surface area contributed by atoms with Gasteiger partial charge in [-0.1, -0.05) is 116 Å². The highest BCUT2D eigenvalue weighted by Gasteiger charge is 2.37. The topological polar surface area (TPSA) is 46.1 Å². The van der Waals surface area contributed by atoms with E-state index in [2.05, 4.69) is 0 Å². The van der Waals surface area contributed by atoms with Crippen molar-refractivity contribution in [2.45, 2.75) is 79.4 Å². The Bertz CT molecular complexity index is 453. The van der Waals surface area contributed by atoms with E-state index in [-0.39, 0.29) is 0 Å². The van der Waals surface area contributed by atoms with Crippen LogP contribution in [0.4, 0.5) is 0 Å². The first-order valence-electron chi connectivity index (χ1n) is 10.2. The SMILES string of the molecule is CC.CC.CC.CC.[O-]C1C(c2ccccc2)C([O-])C1c1ccccc1. The highest BCUT2D eigenvalue weighted by Crippen LogP contribution is 2.44. The maximum Gasteiger partial charge on any atom is -0.0401 e. The van der Waals surface area contributed by atoms with Crippen LogP contribution in [0.2, 0.25) is 0 Å². The predicted octanol–water partition coefficient (Wildman–Crippen LogP) is 5.13. The van der Waals surface area contributed by atoms with E-state index >= 15 is 0 Å². The fourth-order valence-corrected chi connectivity index (χ4v) is 2.78. The Balaban J connectivity index is 0. The third kappa shape index (κ3) is 6.93. The van der Waals surface area contributed by atoms with Crippen LogP contribution in [0, 0.1) is 0 Å². The van der Waals surface area contributed by atoms with E-state index in [1.165, 1.54) is 0 Å². The van der Waals surface area contributed by atoms with Crippen LogP contribution < -0.4 is 10.2 Å². The van der Waals surface area contributed by atoms with Gasteiger partial charge in [0.15, 0.2) is 0 Å². The molecule has 1 aliphatic carbocycles. The maximum atomic E-state index is 12.3. The molecule has 0 aliphatic heterocycles. The first kappa shape index (κ1) is 26.6. The summed E-state index contributed by atoms with van der Waals surface area (Å²) in [4.78, 5) is 0. The number of hydrogen-bond donors (Lipinski definition) is 0. The average molecular weight is 359 g/mol. The van der Waals surface area contributed by atoms with Gasteiger partial charge in [0.05, 0.1) is 0 Å². The Kier molecular flexibility index (Phi) is 17.2. The van der Waals surface area contributed by atoms with E-state index < -0.39 is 24.0 Å². The zero-order valence-corrected chi connectivity index (χ0v) is 17.9. The van der Waals surface area contributed by atoms with Gasteiger partial charge in [0, 0.05) is 0 Å². The third-order valence-corrected chi connectivity index (χ3v) is 3.78. The lowest BCUT2D eigenvalue weighted by Gasteiger charge is -2.61. The Labute approximate surface area is 161 Å². The van der Waals surface area contributed by atoms with Crippen molar-refractivity contribution in [2.75, 3.05) is 0 Å². The molecule has 0 saturated heterocycles. The highest BCUT2D eigenvalue weighted by molar-refractivity contribution is 5.34. The minimum atomic E-state index is -0.822. The molecule has 0 bridgehead atoms. The van der Waals surface area contributed by atoms with E-state index in [0.29, 0.717) is 0 Å². The summed E-state index contributed by atoms with van der Waals surface area (Å²) in [7, 11) is 0.